The van der Waals surface area contributed by atoms with E-state index in [-0.39, 0.29) is 9.79 Å². The fraction of sp³-hybridized carbons (Fsp3) is 0.381. The van der Waals surface area contributed by atoms with Crippen molar-refractivity contribution in [2.24, 2.45) is 0 Å². The lowest BCUT2D eigenvalue weighted by Crippen LogP contribution is -2.51. The predicted molar refractivity (Wildman–Crippen MR) is 134 cm³/mol. The second-order valence-electron chi connectivity index (χ2n) is 7.82. The number of hydrogen-bond acceptors (Lipinski definition) is 6. The maximum absolute atomic E-state index is 12.8. The number of sulfonamides is 2. The van der Waals surface area contributed by atoms with Crippen LogP contribution in [0.2, 0.25) is 5.02 Å². The van der Waals surface area contributed by atoms with Crippen LogP contribution in [0.3, 0.4) is 0 Å². The van der Waals surface area contributed by atoms with E-state index in [0.29, 0.717) is 68.3 Å². The summed E-state index contributed by atoms with van der Waals surface area (Å²) in [5.74, 6) is 0. The fourth-order valence-electron chi connectivity index (χ4n) is 3.74. The lowest BCUT2D eigenvalue weighted by Gasteiger charge is -2.35. The number of nitrogens with one attached hydrogen (secondary N) is 1. The molecular weight excluding hydrogens is 520 g/mol. The number of morpholine rings is 1. The summed E-state index contributed by atoms with van der Waals surface area (Å²) in [5, 5.41) is 4.04. The minimum atomic E-state index is -3.60. The van der Waals surface area contributed by atoms with Crippen molar-refractivity contribution >= 4 is 54.7 Å². The molecule has 0 aliphatic carbocycles. The molecule has 2 fully saturated rings. The van der Waals surface area contributed by atoms with E-state index < -0.39 is 20.0 Å². The summed E-state index contributed by atoms with van der Waals surface area (Å²) >= 11 is 11.4. The quantitative estimate of drug-likeness (QED) is 0.571. The van der Waals surface area contributed by atoms with Gasteiger partial charge in [-0.2, -0.15) is 8.61 Å². The first-order valence-corrected chi connectivity index (χ1v) is 14.3. The molecule has 4 rings (SSSR count). The lowest BCUT2D eigenvalue weighted by atomic mass is 10.3. The molecule has 0 atom stereocenters. The van der Waals surface area contributed by atoms with Crippen molar-refractivity contribution in [2.75, 3.05) is 57.8 Å². The van der Waals surface area contributed by atoms with Gasteiger partial charge < -0.3 is 15.0 Å². The molecule has 0 radical (unpaired) electrons. The molecule has 0 bridgehead atoms. The van der Waals surface area contributed by atoms with Crippen LogP contribution in [0.15, 0.2) is 58.3 Å². The molecule has 34 heavy (non-hydrogen) atoms. The topological polar surface area (TPSA) is 99.3 Å². The van der Waals surface area contributed by atoms with Gasteiger partial charge in [0, 0.05) is 50.0 Å². The molecule has 2 aliphatic heterocycles. The van der Waals surface area contributed by atoms with Gasteiger partial charge >= 0.3 is 0 Å². The van der Waals surface area contributed by atoms with Gasteiger partial charge in [-0.25, -0.2) is 16.8 Å². The van der Waals surface area contributed by atoms with Crippen molar-refractivity contribution in [1.29, 1.82) is 0 Å². The van der Waals surface area contributed by atoms with Crippen molar-refractivity contribution in [3.05, 3.63) is 53.6 Å². The van der Waals surface area contributed by atoms with Gasteiger partial charge in [0.25, 0.3) is 0 Å². The monoisotopic (exact) mass is 544 g/mol. The standard InChI is InChI=1S/C21H25ClN4O5S3/c22-17-1-5-19(6-2-17)33(27,28)25-11-9-24(10-12-25)21(32)23-18-3-7-20(8-4-18)34(29,30)26-13-15-31-16-14-26/h1-8H,9-16H2,(H,23,32). The number of piperazine rings is 1. The van der Waals surface area contributed by atoms with E-state index in [0.717, 1.165) is 0 Å². The van der Waals surface area contributed by atoms with E-state index in [9.17, 15) is 16.8 Å². The Balaban J connectivity index is 1.34. The van der Waals surface area contributed by atoms with Crippen molar-refractivity contribution in [2.45, 2.75) is 9.79 Å². The summed E-state index contributed by atoms with van der Waals surface area (Å²) in [6, 6.07) is 12.5. The third-order valence-corrected chi connectivity index (χ3v) is 10.1. The molecule has 0 amide bonds. The van der Waals surface area contributed by atoms with Crippen LogP contribution in [0.4, 0.5) is 5.69 Å². The van der Waals surface area contributed by atoms with Gasteiger partial charge in [-0.15, -0.1) is 0 Å². The Bertz CT molecular complexity index is 1220. The number of nitrogens with zero attached hydrogens (tertiary/aromatic N) is 3. The third kappa shape index (κ3) is 5.54. The first-order valence-electron chi connectivity index (χ1n) is 10.7. The summed E-state index contributed by atoms with van der Waals surface area (Å²) in [6.45, 7) is 2.92. The van der Waals surface area contributed by atoms with E-state index >= 15 is 0 Å². The van der Waals surface area contributed by atoms with Crippen LogP contribution >= 0.6 is 23.8 Å². The Hall–Kier alpha value is -1.80. The maximum Gasteiger partial charge on any atom is 0.243 e. The molecule has 2 aromatic rings. The van der Waals surface area contributed by atoms with Crippen LogP contribution in [-0.2, 0) is 24.8 Å². The summed E-state index contributed by atoms with van der Waals surface area (Å²) < 4.78 is 59.3. The summed E-state index contributed by atoms with van der Waals surface area (Å²) in [7, 11) is -7.16. The van der Waals surface area contributed by atoms with Crippen molar-refractivity contribution < 1.29 is 21.6 Å². The molecule has 2 aromatic carbocycles. The Kier molecular flexibility index (Phi) is 7.77. The summed E-state index contributed by atoms with van der Waals surface area (Å²) in [5.41, 5.74) is 0.655. The minimum Gasteiger partial charge on any atom is -0.379 e. The Morgan fingerprint density at radius 2 is 1.24 bits per heavy atom. The second-order valence-corrected chi connectivity index (χ2v) is 12.5. The molecule has 184 valence electrons. The van der Waals surface area contributed by atoms with Gasteiger partial charge in [0.05, 0.1) is 23.0 Å². The number of anilines is 1. The van der Waals surface area contributed by atoms with Gasteiger partial charge in [-0.1, -0.05) is 11.6 Å². The molecular formula is C21H25ClN4O5S3. The van der Waals surface area contributed by atoms with E-state index in [4.69, 9.17) is 28.6 Å². The zero-order valence-electron chi connectivity index (χ0n) is 18.3. The molecule has 0 unspecified atom stereocenters. The first-order chi connectivity index (χ1) is 16.2. The van der Waals surface area contributed by atoms with Crippen LogP contribution in [0.1, 0.15) is 0 Å². The maximum atomic E-state index is 12.8. The van der Waals surface area contributed by atoms with E-state index in [1.165, 1.54) is 20.7 Å². The van der Waals surface area contributed by atoms with Crippen LogP contribution in [0.25, 0.3) is 0 Å². The fourth-order valence-corrected chi connectivity index (χ4v) is 6.99. The number of thiocarbonyl (C=S) groups is 1. The smallest absolute Gasteiger partial charge is 0.243 e. The molecule has 2 saturated heterocycles. The van der Waals surface area contributed by atoms with Gasteiger partial charge in [0.2, 0.25) is 20.0 Å². The van der Waals surface area contributed by atoms with Crippen LogP contribution in [0, 0.1) is 0 Å². The largest absolute Gasteiger partial charge is 0.379 e. The van der Waals surface area contributed by atoms with E-state index in [1.54, 1.807) is 36.4 Å². The number of halogens is 1. The van der Waals surface area contributed by atoms with E-state index in [1.807, 2.05) is 4.90 Å². The summed E-state index contributed by atoms with van der Waals surface area (Å²) in [4.78, 5) is 2.31. The average molecular weight is 545 g/mol. The van der Waals surface area contributed by atoms with Gasteiger partial charge in [0.15, 0.2) is 5.11 Å². The normalized spacial score (nSPS) is 18.6. The first kappa shape index (κ1) is 25.3. The highest BCUT2D eigenvalue weighted by atomic mass is 35.5. The molecule has 13 heteroatoms. The Labute approximate surface area is 210 Å². The highest BCUT2D eigenvalue weighted by Gasteiger charge is 2.29. The second kappa shape index (κ2) is 10.4. The van der Waals surface area contributed by atoms with Gasteiger partial charge in [-0.05, 0) is 60.7 Å². The van der Waals surface area contributed by atoms with Crippen LogP contribution < -0.4 is 5.32 Å². The third-order valence-electron chi connectivity index (χ3n) is 5.69. The SMILES string of the molecule is O=S(=O)(c1ccc(NC(=S)N2CCN(S(=O)(=O)c3ccc(Cl)cc3)CC2)cc1)N1CCOCC1. The van der Waals surface area contributed by atoms with Gasteiger partial charge in [0.1, 0.15) is 0 Å². The zero-order chi connectivity index (χ0) is 24.3. The number of benzene rings is 2. The molecule has 0 aromatic heterocycles. The molecule has 0 saturated carbocycles. The molecule has 0 spiro atoms. The minimum absolute atomic E-state index is 0.207. The molecule has 2 aliphatic rings. The predicted octanol–water partition coefficient (Wildman–Crippen LogP) is 2.06. The number of hydrogen-bond donors (Lipinski definition) is 1. The van der Waals surface area contributed by atoms with Crippen molar-refractivity contribution in [3.63, 3.8) is 0 Å². The van der Waals surface area contributed by atoms with E-state index in [2.05, 4.69) is 5.32 Å². The van der Waals surface area contributed by atoms with Crippen molar-refractivity contribution in [3.8, 4) is 0 Å². The average Bonchev–Trinajstić information content (AvgIpc) is 2.85. The van der Waals surface area contributed by atoms with Crippen LogP contribution in [-0.4, -0.2) is 87.9 Å². The Morgan fingerprint density at radius 1 is 0.765 bits per heavy atom. The lowest BCUT2D eigenvalue weighted by molar-refractivity contribution is 0.0730. The Morgan fingerprint density at radius 3 is 1.76 bits per heavy atom. The summed E-state index contributed by atoms with van der Waals surface area (Å²) in [6.07, 6.45) is 0. The molecule has 9 nitrogen and oxygen atoms in total. The molecule has 2 heterocycles. The molecule has 1 N–H and O–H groups in total. The zero-order valence-corrected chi connectivity index (χ0v) is 21.5. The van der Waals surface area contributed by atoms with Crippen molar-refractivity contribution in [1.82, 2.24) is 13.5 Å². The van der Waals surface area contributed by atoms with Crippen LogP contribution in [0.5, 0.6) is 0 Å². The van der Waals surface area contributed by atoms with Gasteiger partial charge in [-0.3, -0.25) is 0 Å². The number of ether oxygens (including phenoxy) is 1. The highest BCUT2D eigenvalue weighted by Crippen LogP contribution is 2.22. The highest BCUT2D eigenvalue weighted by molar-refractivity contribution is 7.89. The number of rotatable bonds is 5.